The van der Waals surface area contributed by atoms with E-state index in [-0.39, 0.29) is 4.90 Å². The lowest BCUT2D eigenvalue weighted by Gasteiger charge is -2.17. The van der Waals surface area contributed by atoms with Gasteiger partial charge in [0, 0.05) is 0 Å². The van der Waals surface area contributed by atoms with Gasteiger partial charge in [-0.15, -0.1) is 0 Å². The Hall–Kier alpha value is -1.58. The maximum atomic E-state index is 11.4. The van der Waals surface area contributed by atoms with E-state index in [1.54, 1.807) is 19.9 Å². The van der Waals surface area contributed by atoms with E-state index in [4.69, 9.17) is 15.1 Å². The molecule has 0 atom stereocenters. The first kappa shape index (κ1) is 16.5. The van der Waals surface area contributed by atoms with Gasteiger partial charge >= 0.3 is 0 Å². The number of nitriles is 1. The number of nitrogens with two attached hydrogens (primary N) is 1. The Balaban J connectivity index is 2.91. The van der Waals surface area contributed by atoms with E-state index in [0.29, 0.717) is 24.3 Å². The van der Waals surface area contributed by atoms with Gasteiger partial charge in [0.1, 0.15) is 5.75 Å². The van der Waals surface area contributed by atoms with E-state index in [9.17, 15) is 8.42 Å². The van der Waals surface area contributed by atoms with E-state index >= 15 is 0 Å². The molecule has 1 aromatic carbocycles. The van der Waals surface area contributed by atoms with Gasteiger partial charge in [0.2, 0.25) is 10.0 Å². The fraction of sp³-hybridized carbons (Fsp3) is 0.500. The highest BCUT2D eigenvalue weighted by molar-refractivity contribution is 7.89. The van der Waals surface area contributed by atoms with Crippen LogP contribution in [0.4, 0.5) is 0 Å². The Kier molecular flexibility index (Phi) is 4.79. The molecule has 2 N–H and O–H groups in total. The molecule has 0 saturated heterocycles. The molecule has 0 radical (unpaired) electrons. The van der Waals surface area contributed by atoms with Gasteiger partial charge in [0.05, 0.1) is 23.0 Å². The zero-order chi connectivity index (χ0) is 15.6. The number of hydrogen-bond acceptors (Lipinski definition) is 4. The summed E-state index contributed by atoms with van der Waals surface area (Å²) in [5, 5.41) is 14.1. The topological polar surface area (TPSA) is 93.2 Å². The van der Waals surface area contributed by atoms with Crippen molar-refractivity contribution in [2.24, 2.45) is 10.6 Å². The van der Waals surface area contributed by atoms with Crippen molar-refractivity contribution in [3.05, 3.63) is 23.3 Å². The molecule has 0 aliphatic heterocycles. The minimum Gasteiger partial charge on any atom is -0.493 e. The van der Waals surface area contributed by atoms with Crippen LogP contribution in [0.1, 0.15) is 31.4 Å². The van der Waals surface area contributed by atoms with E-state index in [2.05, 4.69) is 6.07 Å². The number of ether oxygens (including phenoxy) is 1. The van der Waals surface area contributed by atoms with Crippen molar-refractivity contribution < 1.29 is 13.2 Å². The molecule has 0 bridgehead atoms. The third-order valence-corrected chi connectivity index (χ3v) is 4.34. The first-order valence-electron chi connectivity index (χ1n) is 6.25. The predicted octanol–water partition coefficient (Wildman–Crippen LogP) is 2.27. The molecule has 0 unspecified atom stereocenters. The number of rotatable bonds is 5. The average Bonchev–Trinajstić information content (AvgIpc) is 2.33. The van der Waals surface area contributed by atoms with Gasteiger partial charge in [-0.3, -0.25) is 0 Å². The Morgan fingerprint density at radius 2 is 1.90 bits per heavy atom. The zero-order valence-corrected chi connectivity index (χ0v) is 13.0. The van der Waals surface area contributed by atoms with Crippen LogP contribution in [0.2, 0.25) is 0 Å². The number of nitrogens with zero attached hydrogens (tertiary/aromatic N) is 1. The molecule has 0 aliphatic rings. The number of primary sulfonamides is 1. The summed E-state index contributed by atoms with van der Waals surface area (Å²) in [5.41, 5.74) is 0.888. The quantitative estimate of drug-likeness (QED) is 0.902. The summed E-state index contributed by atoms with van der Waals surface area (Å²) in [6, 6.07) is 5.25. The normalized spacial score (nSPS) is 12.0. The van der Waals surface area contributed by atoms with E-state index < -0.39 is 15.4 Å². The smallest absolute Gasteiger partial charge is 0.238 e. The predicted molar refractivity (Wildman–Crippen MR) is 76.8 cm³/mol. The lowest BCUT2D eigenvalue weighted by Crippen LogP contribution is -2.15. The second-order valence-electron chi connectivity index (χ2n) is 5.45. The Morgan fingerprint density at radius 3 is 2.40 bits per heavy atom. The van der Waals surface area contributed by atoms with Crippen molar-refractivity contribution in [1.29, 1.82) is 5.26 Å². The summed E-state index contributed by atoms with van der Waals surface area (Å²) in [4.78, 5) is 0.111. The Bertz CT molecular complexity index is 643. The van der Waals surface area contributed by atoms with Gasteiger partial charge < -0.3 is 4.74 Å². The highest BCUT2D eigenvalue weighted by Crippen LogP contribution is 2.27. The molecule has 1 rings (SSSR count). The molecule has 0 fully saturated rings. The minimum absolute atomic E-state index is 0.111. The van der Waals surface area contributed by atoms with E-state index in [1.165, 1.54) is 6.07 Å². The highest BCUT2D eigenvalue weighted by Gasteiger charge is 2.18. The van der Waals surface area contributed by atoms with E-state index in [1.807, 2.05) is 13.8 Å². The van der Waals surface area contributed by atoms with E-state index in [0.717, 1.165) is 5.56 Å². The molecule has 20 heavy (non-hydrogen) atoms. The van der Waals surface area contributed by atoms with Crippen LogP contribution < -0.4 is 9.88 Å². The third kappa shape index (κ3) is 3.95. The molecule has 1 aromatic rings. The maximum absolute atomic E-state index is 11.4. The molecule has 0 saturated carbocycles. The molecule has 0 heterocycles. The average molecular weight is 296 g/mol. The largest absolute Gasteiger partial charge is 0.493 e. The van der Waals surface area contributed by atoms with Crippen molar-refractivity contribution in [1.82, 2.24) is 0 Å². The van der Waals surface area contributed by atoms with Crippen LogP contribution in [0, 0.1) is 30.6 Å². The molecule has 0 aliphatic carbocycles. The van der Waals surface area contributed by atoms with Crippen LogP contribution in [-0.2, 0) is 10.0 Å². The standard InChI is InChI=1S/C14H20N2O3S/c1-10-11(2)13(20(16,17)18)6-5-12(10)19-8-7-14(3,4)9-15/h5-6H,7-8H2,1-4H3,(H2,16,17,18). The van der Waals surface area contributed by atoms with Crippen molar-refractivity contribution >= 4 is 10.0 Å². The number of hydrogen-bond donors (Lipinski definition) is 1. The SMILES string of the molecule is Cc1c(OCCC(C)(C)C#N)ccc(S(N)(=O)=O)c1C. The lowest BCUT2D eigenvalue weighted by atomic mass is 9.92. The second kappa shape index (κ2) is 5.81. The molecule has 110 valence electrons. The summed E-state index contributed by atoms with van der Waals surface area (Å²) in [5.74, 6) is 0.614. The lowest BCUT2D eigenvalue weighted by molar-refractivity contribution is 0.262. The van der Waals surface area contributed by atoms with Crippen LogP contribution in [0.25, 0.3) is 0 Å². The van der Waals surface area contributed by atoms with Gasteiger partial charge in [-0.1, -0.05) is 0 Å². The Labute approximate surface area is 120 Å². The first-order valence-corrected chi connectivity index (χ1v) is 7.80. The zero-order valence-electron chi connectivity index (χ0n) is 12.2. The molecule has 0 amide bonds. The first-order chi connectivity index (χ1) is 9.08. The molecule has 5 nitrogen and oxygen atoms in total. The van der Waals surface area contributed by atoms with Crippen LogP contribution in [0.15, 0.2) is 17.0 Å². The number of sulfonamides is 1. The molecule has 0 spiro atoms. The third-order valence-electron chi connectivity index (χ3n) is 3.28. The summed E-state index contributed by atoms with van der Waals surface area (Å²) in [6.07, 6.45) is 0.596. The van der Waals surface area contributed by atoms with Crippen LogP contribution in [0.5, 0.6) is 5.75 Å². The molecule has 0 aromatic heterocycles. The summed E-state index contributed by atoms with van der Waals surface area (Å²) in [6.45, 7) is 7.57. The monoisotopic (exact) mass is 296 g/mol. The molecular weight excluding hydrogens is 276 g/mol. The van der Waals surface area contributed by atoms with Gasteiger partial charge in [-0.2, -0.15) is 5.26 Å². The van der Waals surface area contributed by atoms with Crippen molar-refractivity contribution in [3.8, 4) is 11.8 Å². The minimum atomic E-state index is -3.72. The molecule has 6 heteroatoms. The van der Waals surface area contributed by atoms with Gasteiger partial charge in [-0.25, -0.2) is 13.6 Å². The fourth-order valence-corrected chi connectivity index (χ4v) is 2.55. The highest BCUT2D eigenvalue weighted by atomic mass is 32.2. The van der Waals surface area contributed by atoms with Crippen LogP contribution >= 0.6 is 0 Å². The van der Waals surface area contributed by atoms with Gasteiger partial charge in [-0.05, 0) is 57.4 Å². The maximum Gasteiger partial charge on any atom is 0.238 e. The second-order valence-corrected chi connectivity index (χ2v) is 6.98. The van der Waals surface area contributed by atoms with Gasteiger partial charge in [0.25, 0.3) is 0 Å². The van der Waals surface area contributed by atoms with Crippen LogP contribution in [0.3, 0.4) is 0 Å². The Morgan fingerprint density at radius 1 is 1.30 bits per heavy atom. The van der Waals surface area contributed by atoms with Crippen molar-refractivity contribution in [3.63, 3.8) is 0 Å². The fourth-order valence-electron chi connectivity index (χ4n) is 1.71. The summed E-state index contributed by atoms with van der Waals surface area (Å²) < 4.78 is 28.4. The number of benzene rings is 1. The van der Waals surface area contributed by atoms with Gasteiger partial charge in [0.15, 0.2) is 0 Å². The molecular formula is C14H20N2O3S. The van der Waals surface area contributed by atoms with Crippen molar-refractivity contribution in [2.45, 2.75) is 39.0 Å². The summed E-state index contributed by atoms with van der Waals surface area (Å²) >= 11 is 0. The summed E-state index contributed by atoms with van der Waals surface area (Å²) in [7, 11) is -3.72. The van der Waals surface area contributed by atoms with Crippen molar-refractivity contribution in [2.75, 3.05) is 6.61 Å². The van der Waals surface area contributed by atoms with Crippen LogP contribution in [-0.4, -0.2) is 15.0 Å².